The number of imidazole rings is 1. The predicted octanol–water partition coefficient (Wildman–Crippen LogP) is 1.86. The standard InChI is InChI=1S/C18H22N8O2/c1-4-26-16(12-7-19-11(2)20-8-12)24-14-15(21-10-22-17(14)26)23-13-5-6-25(9-13)18(27)28-3/h7-8,10,13H,4-6,9H2,1-3H3,(H,21,22,23)/t13-/m0/s1. The molecule has 0 radical (unpaired) electrons. The van der Waals surface area contributed by atoms with Crippen molar-refractivity contribution in [2.24, 2.45) is 0 Å². The molecule has 3 aromatic heterocycles. The summed E-state index contributed by atoms with van der Waals surface area (Å²) in [6.07, 6.45) is 5.56. The normalized spacial score (nSPS) is 16.5. The highest BCUT2D eigenvalue weighted by Crippen LogP contribution is 2.27. The first-order valence-corrected chi connectivity index (χ1v) is 9.20. The molecule has 1 saturated heterocycles. The molecule has 0 unspecified atom stereocenters. The second-order valence-electron chi connectivity index (χ2n) is 6.64. The van der Waals surface area contributed by atoms with Crippen molar-refractivity contribution in [1.29, 1.82) is 0 Å². The van der Waals surface area contributed by atoms with Crippen LogP contribution in [0.4, 0.5) is 10.6 Å². The molecule has 146 valence electrons. The Morgan fingerprint density at radius 1 is 1.29 bits per heavy atom. The van der Waals surface area contributed by atoms with Gasteiger partial charge in [0.05, 0.1) is 12.7 Å². The molecule has 10 heteroatoms. The number of anilines is 1. The Kier molecular flexibility index (Phi) is 4.76. The van der Waals surface area contributed by atoms with E-state index in [9.17, 15) is 4.79 Å². The second-order valence-corrected chi connectivity index (χ2v) is 6.64. The van der Waals surface area contributed by atoms with Crippen LogP contribution in [0.1, 0.15) is 19.2 Å². The number of hydrogen-bond donors (Lipinski definition) is 1. The predicted molar refractivity (Wildman–Crippen MR) is 103 cm³/mol. The van der Waals surface area contributed by atoms with E-state index in [1.54, 1.807) is 17.3 Å². The minimum absolute atomic E-state index is 0.0788. The Labute approximate surface area is 162 Å². The highest BCUT2D eigenvalue weighted by atomic mass is 16.5. The van der Waals surface area contributed by atoms with E-state index >= 15 is 0 Å². The van der Waals surface area contributed by atoms with Crippen LogP contribution in [0.15, 0.2) is 18.7 Å². The number of hydrogen-bond acceptors (Lipinski definition) is 8. The average molecular weight is 382 g/mol. The second kappa shape index (κ2) is 7.37. The fourth-order valence-electron chi connectivity index (χ4n) is 3.44. The first-order chi connectivity index (χ1) is 13.6. The summed E-state index contributed by atoms with van der Waals surface area (Å²) in [5.74, 6) is 2.12. The molecule has 4 heterocycles. The van der Waals surface area contributed by atoms with Crippen LogP contribution in [0, 0.1) is 6.92 Å². The van der Waals surface area contributed by atoms with Crippen molar-refractivity contribution in [2.75, 3.05) is 25.5 Å². The van der Waals surface area contributed by atoms with Crippen LogP contribution in [-0.2, 0) is 11.3 Å². The van der Waals surface area contributed by atoms with Gasteiger partial charge in [-0.15, -0.1) is 0 Å². The Morgan fingerprint density at radius 2 is 2.07 bits per heavy atom. The molecule has 1 aliphatic rings. The highest BCUT2D eigenvalue weighted by molar-refractivity contribution is 5.86. The molecule has 3 aromatic rings. The zero-order valence-electron chi connectivity index (χ0n) is 16.1. The molecule has 1 amide bonds. The number of nitrogens with zero attached hydrogens (tertiary/aromatic N) is 7. The van der Waals surface area contributed by atoms with Crippen molar-refractivity contribution in [3.05, 3.63) is 24.5 Å². The number of methoxy groups -OCH3 is 1. The molecule has 0 saturated carbocycles. The molecular formula is C18H22N8O2. The van der Waals surface area contributed by atoms with Gasteiger partial charge in [-0.05, 0) is 20.3 Å². The summed E-state index contributed by atoms with van der Waals surface area (Å²) in [6.45, 7) is 5.80. The fourth-order valence-corrected chi connectivity index (χ4v) is 3.44. The van der Waals surface area contributed by atoms with Crippen LogP contribution >= 0.6 is 0 Å². The molecular weight excluding hydrogens is 360 g/mol. The maximum absolute atomic E-state index is 11.7. The third-order valence-corrected chi connectivity index (χ3v) is 4.85. The van der Waals surface area contributed by atoms with Gasteiger partial charge >= 0.3 is 6.09 Å². The van der Waals surface area contributed by atoms with Crippen molar-refractivity contribution < 1.29 is 9.53 Å². The minimum atomic E-state index is -0.311. The van der Waals surface area contributed by atoms with E-state index in [-0.39, 0.29) is 12.1 Å². The van der Waals surface area contributed by atoms with Gasteiger partial charge in [-0.3, -0.25) is 0 Å². The minimum Gasteiger partial charge on any atom is -0.453 e. The van der Waals surface area contributed by atoms with Crippen LogP contribution in [0.2, 0.25) is 0 Å². The van der Waals surface area contributed by atoms with Gasteiger partial charge in [0, 0.05) is 38.1 Å². The first-order valence-electron chi connectivity index (χ1n) is 9.20. The molecule has 10 nitrogen and oxygen atoms in total. The summed E-state index contributed by atoms with van der Waals surface area (Å²) in [7, 11) is 1.39. The topological polar surface area (TPSA) is 111 Å². The fraction of sp³-hybridized carbons (Fsp3) is 0.444. The Hall–Kier alpha value is -3.30. The summed E-state index contributed by atoms with van der Waals surface area (Å²) in [5, 5.41) is 3.41. The van der Waals surface area contributed by atoms with Crippen LogP contribution in [0.5, 0.6) is 0 Å². The van der Waals surface area contributed by atoms with Gasteiger partial charge in [0.2, 0.25) is 0 Å². The SMILES string of the molecule is CCn1c(-c2cnc(C)nc2)nc2c(N[C@H]3CCN(C(=O)OC)C3)ncnc21. The van der Waals surface area contributed by atoms with E-state index in [1.165, 1.54) is 13.4 Å². The third-order valence-electron chi connectivity index (χ3n) is 4.85. The van der Waals surface area contributed by atoms with E-state index in [0.717, 1.165) is 23.5 Å². The first kappa shape index (κ1) is 18.1. The molecule has 1 aliphatic heterocycles. The van der Waals surface area contributed by atoms with Gasteiger partial charge in [-0.1, -0.05) is 0 Å². The molecule has 0 spiro atoms. The number of nitrogens with one attached hydrogen (secondary N) is 1. The lowest BCUT2D eigenvalue weighted by Crippen LogP contribution is -2.31. The number of carbonyl (C=O) groups is 1. The number of likely N-dealkylation sites (tertiary alicyclic amines) is 1. The van der Waals surface area contributed by atoms with E-state index in [0.29, 0.717) is 36.8 Å². The lowest BCUT2D eigenvalue weighted by Gasteiger charge is -2.15. The zero-order valence-corrected chi connectivity index (χ0v) is 16.1. The molecule has 0 aromatic carbocycles. The third kappa shape index (κ3) is 3.21. The number of aryl methyl sites for hydroxylation is 2. The van der Waals surface area contributed by atoms with Crippen LogP contribution in [0.25, 0.3) is 22.6 Å². The van der Waals surface area contributed by atoms with Crippen molar-refractivity contribution in [2.45, 2.75) is 32.9 Å². The van der Waals surface area contributed by atoms with E-state index < -0.39 is 0 Å². The van der Waals surface area contributed by atoms with Gasteiger partial charge in [-0.25, -0.2) is 29.7 Å². The van der Waals surface area contributed by atoms with Crippen molar-refractivity contribution in [3.8, 4) is 11.4 Å². The number of carbonyl (C=O) groups excluding carboxylic acids is 1. The Morgan fingerprint density at radius 3 is 2.79 bits per heavy atom. The monoisotopic (exact) mass is 382 g/mol. The van der Waals surface area contributed by atoms with Gasteiger partial charge in [0.15, 0.2) is 17.0 Å². The molecule has 1 fully saturated rings. The largest absolute Gasteiger partial charge is 0.453 e. The van der Waals surface area contributed by atoms with Crippen molar-refractivity contribution in [1.82, 2.24) is 34.4 Å². The molecule has 0 bridgehead atoms. The van der Waals surface area contributed by atoms with Crippen LogP contribution in [0.3, 0.4) is 0 Å². The van der Waals surface area contributed by atoms with Crippen molar-refractivity contribution >= 4 is 23.1 Å². The summed E-state index contributed by atoms with van der Waals surface area (Å²) in [5.41, 5.74) is 2.27. The van der Waals surface area contributed by atoms with E-state index in [1.807, 2.05) is 18.4 Å². The quantitative estimate of drug-likeness (QED) is 0.728. The average Bonchev–Trinajstić information content (AvgIpc) is 3.33. The summed E-state index contributed by atoms with van der Waals surface area (Å²) >= 11 is 0. The Balaban J connectivity index is 1.67. The number of ether oxygens (including phenoxy) is 1. The number of amides is 1. The molecule has 28 heavy (non-hydrogen) atoms. The summed E-state index contributed by atoms with van der Waals surface area (Å²) < 4.78 is 6.82. The summed E-state index contributed by atoms with van der Waals surface area (Å²) in [4.78, 5) is 35.5. The zero-order chi connectivity index (χ0) is 19.7. The van der Waals surface area contributed by atoms with Gasteiger partial charge < -0.3 is 19.5 Å². The lowest BCUT2D eigenvalue weighted by atomic mass is 10.2. The Bertz CT molecular complexity index is 1000. The summed E-state index contributed by atoms with van der Waals surface area (Å²) in [6, 6.07) is 0.0788. The van der Waals surface area contributed by atoms with Crippen LogP contribution < -0.4 is 5.32 Å². The van der Waals surface area contributed by atoms with Gasteiger partial charge in [-0.2, -0.15) is 0 Å². The maximum Gasteiger partial charge on any atom is 0.409 e. The smallest absolute Gasteiger partial charge is 0.409 e. The highest BCUT2D eigenvalue weighted by Gasteiger charge is 2.28. The number of fused-ring (bicyclic) bond motifs is 1. The van der Waals surface area contributed by atoms with E-state index in [4.69, 9.17) is 9.72 Å². The number of aromatic nitrogens is 6. The van der Waals surface area contributed by atoms with Gasteiger partial charge in [0.25, 0.3) is 0 Å². The van der Waals surface area contributed by atoms with Crippen molar-refractivity contribution in [3.63, 3.8) is 0 Å². The van der Waals surface area contributed by atoms with Gasteiger partial charge in [0.1, 0.15) is 18.0 Å². The molecule has 1 N–H and O–H groups in total. The van der Waals surface area contributed by atoms with Crippen LogP contribution in [-0.4, -0.2) is 66.7 Å². The molecule has 4 rings (SSSR count). The maximum atomic E-state index is 11.7. The van der Waals surface area contributed by atoms with E-state index in [2.05, 4.69) is 25.3 Å². The molecule has 1 atom stereocenters. The molecule has 0 aliphatic carbocycles. The number of rotatable bonds is 4. The lowest BCUT2D eigenvalue weighted by molar-refractivity contribution is 0.133.